The number of pyridine rings is 1. The van der Waals surface area contributed by atoms with Crippen LogP contribution >= 0.6 is 0 Å². The zero-order valence-electron chi connectivity index (χ0n) is 14.5. The van der Waals surface area contributed by atoms with Crippen molar-refractivity contribution in [3.05, 3.63) is 54.1 Å². The molecule has 1 aliphatic heterocycles. The first-order valence-electron chi connectivity index (χ1n) is 8.74. The van der Waals surface area contributed by atoms with Gasteiger partial charge in [0.15, 0.2) is 5.82 Å². The monoisotopic (exact) mass is 367 g/mol. The Hall–Kier alpha value is -3.29. The average Bonchev–Trinajstić information content (AvgIpc) is 3.27. The number of halogens is 1. The predicted octanol–water partition coefficient (Wildman–Crippen LogP) is 1.81. The van der Waals surface area contributed by atoms with E-state index in [9.17, 15) is 14.0 Å². The van der Waals surface area contributed by atoms with Gasteiger partial charge in [-0.3, -0.25) is 24.6 Å². The number of carbonyl (C=O) groups excluding carboxylic acids is 2. The van der Waals surface area contributed by atoms with E-state index in [4.69, 9.17) is 0 Å². The van der Waals surface area contributed by atoms with E-state index in [0.717, 1.165) is 5.69 Å². The minimum atomic E-state index is -0.486. The second-order valence-electron chi connectivity index (χ2n) is 6.48. The van der Waals surface area contributed by atoms with Gasteiger partial charge in [0.1, 0.15) is 5.82 Å². The SMILES string of the molecule is O=C(NCCc1ccccn1)C1CC(=O)N(c2n[nH]c3cccc(F)c23)C1. The van der Waals surface area contributed by atoms with Crippen LogP contribution in [-0.4, -0.2) is 40.1 Å². The van der Waals surface area contributed by atoms with Crippen molar-refractivity contribution >= 4 is 28.5 Å². The topological polar surface area (TPSA) is 91.0 Å². The molecule has 4 rings (SSSR count). The van der Waals surface area contributed by atoms with Crippen molar-refractivity contribution in [2.45, 2.75) is 12.8 Å². The van der Waals surface area contributed by atoms with Crippen LogP contribution in [0.1, 0.15) is 12.1 Å². The highest BCUT2D eigenvalue weighted by atomic mass is 19.1. The molecule has 138 valence electrons. The zero-order valence-corrected chi connectivity index (χ0v) is 14.5. The molecule has 3 heterocycles. The molecule has 2 amide bonds. The van der Waals surface area contributed by atoms with Gasteiger partial charge in [-0.2, -0.15) is 5.10 Å². The Labute approximate surface area is 154 Å². The largest absolute Gasteiger partial charge is 0.355 e. The number of benzene rings is 1. The molecule has 1 saturated heterocycles. The minimum absolute atomic E-state index is 0.0816. The van der Waals surface area contributed by atoms with Gasteiger partial charge < -0.3 is 5.32 Å². The highest BCUT2D eigenvalue weighted by Crippen LogP contribution is 2.31. The molecule has 7 nitrogen and oxygen atoms in total. The third-order valence-corrected chi connectivity index (χ3v) is 4.68. The number of anilines is 1. The fourth-order valence-electron chi connectivity index (χ4n) is 3.30. The first-order valence-corrected chi connectivity index (χ1v) is 8.74. The average molecular weight is 367 g/mol. The Morgan fingerprint density at radius 1 is 1.30 bits per heavy atom. The van der Waals surface area contributed by atoms with Crippen LogP contribution in [0.2, 0.25) is 0 Å². The molecule has 8 heteroatoms. The lowest BCUT2D eigenvalue weighted by Crippen LogP contribution is -2.34. The molecule has 0 saturated carbocycles. The van der Waals surface area contributed by atoms with Crippen LogP contribution in [0.15, 0.2) is 42.6 Å². The summed E-state index contributed by atoms with van der Waals surface area (Å²) in [5, 5.41) is 9.93. The first-order chi connectivity index (χ1) is 13.1. The molecule has 1 unspecified atom stereocenters. The predicted molar refractivity (Wildman–Crippen MR) is 97.5 cm³/mol. The molecule has 1 fully saturated rings. The van der Waals surface area contributed by atoms with Crippen LogP contribution in [0.4, 0.5) is 10.2 Å². The standard InChI is InChI=1S/C19H18FN5O2/c20-14-5-3-6-15-17(14)18(24-23-15)25-11-12(10-16(25)26)19(27)22-9-7-13-4-1-2-8-21-13/h1-6,8,12H,7,9-11H2,(H,22,27)(H,23,24). The van der Waals surface area contributed by atoms with Crippen molar-refractivity contribution in [3.8, 4) is 0 Å². The number of hydrogen-bond donors (Lipinski definition) is 2. The molecule has 2 aromatic heterocycles. The van der Waals surface area contributed by atoms with Gasteiger partial charge in [0, 0.05) is 37.8 Å². The molecule has 27 heavy (non-hydrogen) atoms. The number of rotatable bonds is 5. The van der Waals surface area contributed by atoms with Gasteiger partial charge in [-0.1, -0.05) is 12.1 Å². The van der Waals surface area contributed by atoms with E-state index in [1.165, 1.54) is 11.0 Å². The van der Waals surface area contributed by atoms with Crippen molar-refractivity contribution in [2.24, 2.45) is 5.92 Å². The molecule has 3 aromatic rings. The molecule has 0 aliphatic carbocycles. The molecule has 2 N–H and O–H groups in total. The van der Waals surface area contributed by atoms with Crippen LogP contribution in [0.25, 0.3) is 10.9 Å². The summed E-state index contributed by atoms with van der Waals surface area (Å²) in [5.74, 6) is -1.14. The van der Waals surface area contributed by atoms with Crippen molar-refractivity contribution in [1.29, 1.82) is 0 Å². The third kappa shape index (κ3) is 3.38. The van der Waals surface area contributed by atoms with Crippen LogP contribution in [0, 0.1) is 11.7 Å². The van der Waals surface area contributed by atoms with Crippen LogP contribution < -0.4 is 10.2 Å². The number of H-pyrrole nitrogens is 1. The van der Waals surface area contributed by atoms with E-state index in [-0.39, 0.29) is 36.0 Å². The first kappa shape index (κ1) is 17.1. The van der Waals surface area contributed by atoms with Crippen molar-refractivity contribution in [1.82, 2.24) is 20.5 Å². The summed E-state index contributed by atoms with van der Waals surface area (Å²) >= 11 is 0. The molecule has 0 spiro atoms. The summed E-state index contributed by atoms with van der Waals surface area (Å²) < 4.78 is 14.2. The van der Waals surface area contributed by atoms with E-state index < -0.39 is 11.7 Å². The fourth-order valence-corrected chi connectivity index (χ4v) is 3.30. The van der Waals surface area contributed by atoms with Gasteiger partial charge in [-0.05, 0) is 24.3 Å². The Morgan fingerprint density at radius 3 is 3.00 bits per heavy atom. The quantitative estimate of drug-likeness (QED) is 0.720. The number of fused-ring (bicyclic) bond motifs is 1. The van der Waals surface area contributed by atoms with Crippen molar-refractivity contribution < 1.29 is 14.0 Å². The number of amides is 2. The third-order valence-electron chi connectivity index (χ3n) is 4.68. The number of carbonyl (C=O) groups is 2. The van der Waals surface area contributed by atoms with Crippen molar-refractivity contribution in [3.63, 3.8) is 0 Å². The summed E-state index contributed by atoms with van der Waals surface area (Å²) in [6.07, 6.45) is 2.41. The van der Waals surface area contributed by atoms with Crippen molar-refractivity contribution in [2.75, 3.05) is 18.0 Å². The minimum Gasteiger partial charge on any atom is -0.355 e. The molecule has 0 bridgehead atoms. The van der Waals surface area contributed by atoms with Gasteiger partial charge in [-0.25, -0.2) is 4.39 Å². The zero-order chi connectivity index (χ0) is 18.8. The van der Waals surface area contributed by atoms with E-state index >= 15 is 0 Å². The van der Waals surface area contributed by atoms with Gasteiger partial charge in [0.05, 0.1) is 16.8 Å². The smallest absolute Gasteiger partial charge is 0.229 e. The van der Waals surface area contributed by atoms with Gasteiger partial charge in [0.2, 0.25) is 11.8 Å². The number of nitrogens with one attached hydrogen (secondary N) is 2. The summed E-state index contributed by atoms with van der Waals surface area (Å²) in [5.41, 5.74) is 1.40. The van der Waals surface area contributed by atoms with E-state index in [1.807, 2.05) is 18.2 Å². The highest BCUT2D eigenvalue weighted by molar-refractivity contribution is 6.05. The number of hydrogen-bond acceptors (Lipinski definition) is 4. The highest BCUT2D eigenvalue weighted by Gasteiger charge is 2.37. The van der Waals surface area contributed by atoms with Crippen LogP contribution in [-0.2, 0) is 16.0 Å². The number of aromatic amines is 1. The maximum Gasteiger partial charge on any atom is 0.229 e. The maximum absolute atomic E-state index is 14.2. The molecule has 1 atom stereocenters. The summed E-state index contributed by atoms with van der Waals surface area (Å²) in [4.78, 5) is 30.4. The second-order valence-corrected chi connectivity index (χ2v) is 6.48. The Balaban J connectivity index is 1.42. The fraction of sp³-hybridized carbons (Fsp3) is 0.263. The Kier molecular flexibility index (Phi) is 4.53. The molecule has 1 aliphatic rings. The molecule has 1 aromatic carbocycles. The normalized spacial score (nSPS) is 16.9. The molecular formula is C19H18FN5O2. The lowest BCUT2D eigenvalue weighted by molar-refractivity contribution is -0.126. The Morgan fingerprint density at radius 2 is 2.19 bits per heavy atom. The van der Waals surface area contributed by atoms with Crippen LogP contribution in [0.5, 0.6) is 0 Å². The molecular weight excluding hydrogens is 349 g/mol. The summed E-state index contributed by atoms with van der Waals surface area (Å²) in [6.45, 7) is 0.628. The molecule has 0 radical (unpaired) electrons. The summed E-state index contributed by atoms with van der Waals surface area (Å²) in [7, 11) is 0. The van der Waals surface area contributed by atoms with E-state index in [0.29, 0.717) is 18.5 Å². The number of aromatic nitrogens is 3. The lowest BCUT2D eigenvalue weighted by Gasteiger charge is -2.14. The van der Waals surface area contributed by atoms with Gasteiger partial charge in [0.25, 0.3) is 0 Å². The summed E-state index contributed by atoms with van der Waals surface area (Å²) in [6, 6.07) is 10.2. The second kappa shape index (κ2) is 7.14. The van der Waals surface area contributed by atoms with Crippen LogP contribution in [0.3, 0.4) is 0 Å². The number of nitrogens with zero attached hydrogens (tertiary/aromatic N) is 3. The van der Waals surface area contributed by atoms with Gasteiger partial charge >= 0.3 is 0 Å². The van der Waals surface area contributed by atoms with E-state index in [1.54, 1.807) is 18.3 Å². The van der Waals surface area contributed by atoms with E-state index in [2.05, 4.69) is 20.5 Å². The van der Waals surface area contributed by atoms with Gasteiger partial charge in [-0.15, -0.1) is 0 Å². The maximum atomic E-state index is 14.2. The Bertz CT molecular complexity index is 988. The lowest BCUT2D eigenvalue weighted by atomic mass is 10.1.